The second-order valence-corrected chi connectivity index (χ2v) is 9.32. The van der Waals surface area contributed by atoms with Crippen molar-refractivity contribution in [2.24, 2.45) is 0 Å². The highest BCUT2D eigenvalue weighted by Crippen LogP contribution is 2.38. The van der Waals surface area contributed by atoms with Crippen molar-refractivity contribution >= 4 is 0 Å². The fourth-order valence-electron chi connectivity index (χ4n) is 4.27. The fraction of sp³-hybridized carbons (Fsp3) is 0.276. The Morgan fingerprint density at radius 1 is 0.824 bits per heavy atom. The van der Waals surface area contributed by atoms with E-state index in [-0.39, 0.29) is 17.0 Å². The van der Waals surface area contributed by atoms with E-state index in [0.29, 0.717) is 6.61 Å². The molecule has 0 saturated heterocycles. The normalized spacial score (nSPS) is 11.6. The first-order chi connectivity index (χ1) is 16.0. The third kappa shape index (κ3) is 6.16. The van der Waals surface area contributed by atoms with Gasteiger partial charge in [-0.25, -0.2) is 4.98 Å². The average Bonchev–Trinajstić information content (AvgIpc) is 3.31. The van der Waals surface area contributed by atoms with E-state index >= 15 is 0 Å². The Morgan fingerprint density at radius 2 is 1.35 bits per heavy atom. The van der Waals surface area contributed by atoms with Crippen molar-refractivity contribution in [3.63, 3.8) is 0 Å². The summed E-state index contributed by atoms with van der Waals surface area (Å²) in [5.41, 5.74) is 1.87. The predicted molar refractivity (Wildman–Crippen MR) is 132 cm³/mol. The molecule has 0 unspecified atom stereocenters. The van der Waals surface area contributed by atoms with E-state index in [4.69, 9.17) is 14.1 Å². The van der Waals surface area contributed by atoms with E-state index in [1.54, 1.807) is 0 Å². The van der Waals surface area contributed by atoms with Crippen LogP contribution < -0.4 is 21.7 Å². The topological polar surface area (TPSA) is 35.3 Å². The molecular formula is C29H33BrN2O2. The smallest absolute Gasteiger partial charge is 0.209 e. The highest BCUT2D eigenvalue weighted by Gasteiger charge is 2.36. The summed E-state index contributed by atoms with van der Waals surface area (Å²) in [7, 11) is 4.44. The molecule has 0 aliphatic carbocycles. The van der Waals surface area contributed by atoms with E-state index < -0.39 is 5.41 Å². The number of hydrogen-bond acceptors (Lipinski definition) is 3. The van der Waals surface area contributed by atoms with Crippen LogP contribution in [0.15, 0.2) is 102 Å². The van der Waals surface area contributed by atoms with Gasteiger partial charge in [0.15, 0.2) is 5.76 Å². The molecule has 4 aromatic rings. The van der Waals surface area contributed by atoms with Crippen LogP contribution in [0.2, 0.25) is 0 Å². The standard InChI is InChI=1S/C29H33N2O2.BrH/c1-29(24-14-7-4-8-15-24,25-16-9-5-10-17-25)28-30-22-27(33-28)23-31(2,3)20-13-21-32-26-18-11-6-12-19-26;/h4-12,14-19,22H,13,20-21,23H2,1-3H3;1H/q+1;/p-1. The van der Waals surface area contributed by atoms with Gasteiger partial charge in [0, 0.05) is 6.42 Å². The molecular weight excluding hydrogens is 488 g/mol. The lowest BCUT2D eigenvalue weighted by Gasteiger charge is -2.29. The Balaban J connectivity index is 0.00000324. The molecule has 1 aromatic heterocycles. The van der Waals surface area contributed by atoms with Gasteiger partial charge >= 0.3 is 0 Å². The molecule has 0 atom stereocenters. The van der Waals surface area contributed by atoms with Gasteiger partial charge in [-0.15, -0.1) is 0 Å². The van der Waals surface area contributed by atoms with E-state index in [1.807, 2.05) is 48.7 Å². The molecule has 178 valence electrons. The maximum absolute atomic E-state index is 6.41. The first-order valence-corrected chi connectivity index (χ1v) is 11.5. The number of rotatable bonds is 10. The zero-order valence-electron chi connectivity index (χ0n) is 20.2. The zero-order valence-corrected chi connectivity index (χ0v) is 21.7. The van der Waals surface area contributed by atoms with Crippen molar-refractivity contribution in [2.45, 2.75) is 25.3 Å². The lowest BCUT2D eigenvalue weighted by atomic mass is 9.76. The Bertz CT molecular complexity index is 1090. The lowest BCUT2D eigenvalue weighted by molar-refractivity contribution is -0.904. The second kappa shape index (κ2) is 11.5. The van der Waals surface area contributed by atoms with Crippen LogP contribution in [0.5, 0.6) is 5.75 Å². The number of para-hydroxylation sites is 1. The monoisotopic (exact) mass is 520 g/mol. The van der Waals surface area contributed by atoms with Crippen molar-refractivity contribution < 1.29 is 30.6 Å². The van der Waals surface area contributed by atoms with Crippen LogP contribution in [0.25, 0.3) is 0 Å². The van der Waals surface area contributed by atoms with Crippen molar-refractivity contribution in [3.05, 3.63) is 120 Å². The third-order valence-corrected chi connectivity index (χ3v) is 6.19. The van der Waals surface area contributed by atoms with E-state index in [9.17, 15) is 0 Å². The Morgan fingerprint density at radius 3 is 1.91 bits per heavy atom. The summed E-state index contributed by atoms with van der Waals surface area (Å²) in [6.07, 6.45) is 2.86. The molecule has 0 aliphatic rings. The predicted octanol–water partition coefficient (Wildman–Crippen LogP) is 3.08. The van der Waals surface area contributed by atoms with Gasteiger partial charge in [0.1, 0.15) is 12.3 Å². The number of nitrogens with zero attached hydrogens (tertiary/aromatic N) is 2. The summed E-state index contributed by atoms with van der Waals surface area (Å²) in [5.74, 6) is 2.54. The van der Waals surface area contributed by atoms with Crippen LogP contribution in [0.4, 0.5) is 0 Å². The van der Waals surface area contributed by atoms with Crippen molar-refractivity contribution in [1.82, 2.24) is 4.98 Å². The molecule has 0 radical (unpaired) electrons. The Kier molecular flexibility index (Phi) is 8.70. The molecule has 1 heterocycles. The van der Waals surface area contributed by atoms with E-state index in [1.165, 1.54) is 0 Å². The lowest BCUT2D eigenvalue weighted by Crippen LogP contribution is -3.00. The molecule has 0 bridgehead atoms. The molecule has 0 fully saturated rings. The largest absolute Gasteiger partial charge is 1.00 e. The SMILES string of the molecule is CC(c1ccccc1)(c1ccccc1)c1ncc(C[N+](C)(C)CCCOc2ccccc2)o1.[Br-]. The van der Waals surface area contributed by atoms with Crippen LogP contribution in [0, 0.1) is 0 Å². The first kappa shape index (κ1) is 25.7. The van der Waals surface area contributed by atoms with Crippen molar-refractivity contribution in [3.8, 4) is 5.75 Å². The zero-order chi connectivity index (χ0) is 23.2. The van der Waals surface area contributed by atoms with E-state index in [2.05, 4.69) is 69.6 Å². The van der Waals surface area contributed by atoms with Gasteiger partial charge in [0.25, 0.3) is 0 Å². The number of hydrogen-bond donors (Lipinski definition) is 0. The van der Waals surface area contributed by atoms with Crippen LogP contribution in [-0.4, -0.2) is 36.7 Å². The molecule has 0 amide bonds. The van der Waals surface area contributed by atoms with E-state index in [0.717, 1.165) is 52.5 Å². The molecule has 0 aliphatic heterocycles. The Labute approximate surface area is 213 Å². The van der Waals surface area contributed by atoms with Gasteiger partial charge in [0.05, 0.1) is 38.9 Å². The minimum absolute atomic E-state index is 0. The Hall–Kier alpha value is -2.89. The third-order valence-electron chi connectivity index (χ3n) is 6.19. The molecule has 5 heteroatoms. The quantitative estimate of drug-likeness (QED) is 0.238. The number of benzene rings is 3. The summed E-state index contributed by atoms with van der Waals surface area (Å²) in [6, 6.07) is 30.9. The summed E-state index contributed by atoms with van der Waals surface area (Å²) >= 11 is 0. The second-order valence-electron chi connectivity index (χ2n) is 9.32. The van der Waals surface area contributed by atoms with Crippen molar-refractivity contribution in [2.75, 3.05) is 27.2 Å². The number of oxazole rings is 1. The van der Waals surface area contributed by atoms with Gasteiger partial charge in [0.2, 0.25) is 5.89 Å². The molecule has 0 N–H and O–H groups in total. The highest BCUT2D eigenvalue weighted by atomic mass is 79.9. The summed E-state index contributed by atoms with van der Waals surface area (Å²) in [6.45, 7) is 4.65. The van der Waals surface area contributed by atoms with Crippen LogP contribution in [0.3, 0.4) is 0 Å². The van der Waals surface area contributed by atoms with Gasteiger partial charge in [-0.05, 0) is 30.2 Å². The molecule has 4 rings (SSSR count). The summed E-state index contributed by atoms with van der Waals surface area (Å²) in [5, 5.41) is 0. The molecule has 0 spiro atoms. The fourth-order valence-corrected chi connectivity index (χ4v) is 4.27. The molecule has 3 aromatic carbocycles. The number of quaternary nitrogens is 1. The number of aromatic nitrogens is 1. The average molecular weight is 521 g/mol. The van der Waals surface area contributed by atoms with Gasteiger partial charge in [-0.2, -0.15) is 0 Å². The number of ether oxygens (including phenoxy) is 1. The summed E-state index contributed by atoms with van der Waals surface area (Å²) in [4.78, 5) is 4.76. The van der Waals surface area contributed by atoms with Gasteiger partial charge < -0.3 is 30.6 Å². The minimum atomic E-state index is -0.457. The van der Waals surface area contributed by atoms with Crippen LogP contribution in [-0.2, 0) is 12.0 Å². The first-order valence-electron chi connectivity index (χ1n) is 11.5. The summed E-state index contributed by atoms with van der Waals surface area (Å²) < 4.78 is 13.1. The maximum Gasteiger partial charge on any atom is 0.209 e. The molecule has 0 saturated carbocycles. The highest BCUT2D eigenvalue weighted by molar-refractivity contribution is 5.44. The minimum Gasteiger partial charge on any atom is -1.00 e. The molecule has 4 nitrogen and oxygen atoms in total. The molecule has 34 heavy (non-hydrogen) atoms. The number of halogens is 1. The maximum atomic E-state index is 6.41. The van der Waals surface area contributed by atoms with Crippen LogP contribution in [0.1, 0.15) is 36.1 Å². The van der Waals surface area contributed by atoms with Crippen molar-refractivity contribution in [1.29, 1.82) is 0 Å². The van der Waals surface area contributed by atoms with Crippen LogP contribution >= 0.6 is 0 Å². The van der Waals surface area contributed by atoms with Gasteiger partial charge in [-0.3, -0.25) is 0 Å². The van der Waals surface area contributed by atoms with Gasteiger partial charge in [-0.1, -0.05) is 78.9 Å².